The molecule has 0 heterocycles. The topological polar surface area (TPSA) is 88.7 Å². The van der Waals surface area contributed by atoms with Gasteiger partial charge in [-0.2, -0.15) is 0 Å². The number of hydrogen-bond acceptors (Lipinski definition) is 5. The maximum atomic E-state index is 12.6. The summed E-state index contributed by atoms with van der Waals surface area (Å²) < 4.78 is 38.2. The van der Waals surface area contributed by atoms with Crippen molar-refractivity contribution >= 4 is 67.6 Å². The van der Waals surface area contributed by atoms with Crippen LogP contribution in [0.3, 0.4) is 0 Å². The molecular weight excluding hydrogens is 493 g/mol. The molecule has 0 atom stereocenters. The Hall–Kier alpha value is -2.72. The van der Waals surface area contributed by atoms with Crippen molar-refractivity contribution in [2.75, 3.05) is 29.6 Å². The number of benzene rings is 3. The van der Waals surface area contributed by atoms with Gasteiger partial charge < -0.3 is 20.1 Å². The molecule has 11 heteroatoms. The van der Waals surface area contributed by atoms with Crippen LogP contribution in [0.4, 0.5) is 17.1 Å². The predicted molar refractivity (Wildman–Crippen MR) is 133 cm³/mol. The van der Waals surface area contributed by atoms with E-state index in [0.29, 0.717) is 38.0 Å². The van der Waals surface area contributed by atoms with Crippen LogP contribution in [0.1, 0.15) is 0 Å². The fourth-order valence-electron chi connectivity index (χ4n) is 2.72. The van der Waals surface area contributed by atoms with Crippen LogP contribution < -0.4 is 24.8 Å². The summed E-state index contributed by atoms with van der Waals surface area (Å²) in [5, 5.41) is 6.98. The number of hydrogen-bond donors (Lipinski definition) is 3. The number of methoxy groups -OCH3 is 2. The van der Waals surface area contributed by atoms with Crippen molar-refractivity contribution in [3.05, 3.63) is 70.7 Å². The molecule has 0 amide bonds. The van der Waals surface area contributed by atoms with E-state index in [1.54, 1.807) is 44.6 Å². The van der Waals surface area contributed by atoms with Gasteiger partial charge in [0.1, 0.15) is 11.5 Å². The van der Waals surface area contributed by atoms with Gasteiger partial charge in [-0.25, -0.2) is 8.42 Å². The van der Waals surface area contributed by atoms with E-state index in [0.717, 1.165) is 0 Å². The standard InChI is InChI=1S/C21H19Cl2N3O4S2/c1-29-18-10-16(11-19(12-18)30-2)25-21(31)24-15-3-5-20(6-4-15)32(27,28)26-17-8-13(22)7-14(23)9-17/h3-12,26H,1-2H3,(H2,24,25,31). The lowest BCUT2D eigenvalue weighted by Gasteiger charge is -2.13. The monoisotopic (exact) mass is 511 g/mol. The predicted octanol–water partition coefficient (Wildman–Crippen LogP) is 5.62. The van der Waals surface area contributed by atoms with Crippen LogP contribution in [0.2, 0.25) is 10.0 Å². The summed E-state index contributed by atoms with van der Waals surface area (Å²) >= 11 is 17.2. The van der Waals surface area contributed by atoms with E-state index < -0.39 is 10.0 Å². The van der Waals surface area contributed by atoms with Gasteiger partial charge in [0, 0.05) is 39.6 Å². The van der Waals surface area contributed by atoms with Crippen LogP contribution in [-0.4, -0.2) is 27.7 Å². The normalized spacial score (nSPS) is 10.9. The molecule has 0 spiro atoms. The van der Waals surface area contributed by atoms with E-state index in [-0.39, 0.29) is 10.6 Å². The van der Waals surface area contributed by atoms with Crippen molar-refractivity contribution < 1.29 is 17.9 Å². The van der Waals surface area contributed by atoms with E-state index in [4.69, 9.17) is 44.9 Å². The minimum atomic E-state index is -3.83. The van der Waals surface area contributed by atoms with Crippen LogP contribution in [0.15, 0.2) is 65.6 Å². The van der Waals surface area contributed by atoms with Gasteiger partial charge in [0.2, 0.25) is 0 Å². The molecule has 0 bridgehead atoms. The van der Waals surface area contributed by atoms with Crippen molar-refractivity contribution in [1.82, 2.24) is 0 Å². The number of thiocarbonyl (C=S) groups is 1. The lowest BCUT2D eigenvalue weighted by atomic mass is 10.3. The number of nitrogens with one attached hydrogen (secondary N) is 3. The number of ether oxygens (including phenoxy) is 2. The van der Waals surface area contributed by atoms with E-state index in [1.165, 1.54) is 30.3 Å². The van der Waals surface area contributed by atoms with Gasteiger partial charge in [0.15, 0.2) is 5.11 Å². The summed E-state index contributed by atoms with van der Waals surface area (Å²) in [6.45, 7) is 0. The molecule has 0 aliphatic heterocycles. The third-order valence-electron chi connectivity index (χ3n) is 4.15. The van der Waals surface area contributed by atoms with Gasteiger partial charge in [-0.1, -0.05) is 23.2 Å². The molecule has 0 unspecified atom stereocenters. The molecule has 0 aromatic heterocycles. The van der Waals surface area contributed by atoms with Gasteiger partial charge >= 0.3 is 0 Å². The lowest BCUT2D eigenvalue weighted by molar-refractivity contribution is 0.395. The Bertz CT molecular complexity index is 1190. The number of rotatable bonds is 7. The molecule has 0 fully saturated rings. The van der Waals surface area contributed by atoms with E-state index in [2.05, 4.69) is 15.4 Å². The Morgan fingerprint density at radius 2 is 1.31 bits per heavy atom. The van der Waals surface area contributed by atoms with Crippen molar-refractivity contribution in [2.45, 2.75) is 4.90 Å². The molecule has 3 aromatic carbocycles. The first-order chi connectivity index (χ1) is 15.2. The summed E-state index contributed by atoms with van der Waals surface area (Å²) in [6.07, 6.45) is 0. The highest BCUT2D eigenvalue weighted by molar-refractivity contribution is 7.92. The van der Waals surface area contributed by atoms with E-state index in [1.807, 2.05) is 0 Å². The molecule has 0 saturated carbocycles. The Balaban J connectivity index is 1.68. The average molecular weight is 512 g/mol. The molecule has 7 nitrogen and oxygen atoms in total. The summed E-state index contributed by atoms with van der Waals surface area (Å²) in [4.78, 5) is 0.0653. The lowest BCUT2D eigenvalue weighted by Crippen LogP contribution is -2.19. The molecule has 0 saturated heterocycles. The highest BCUT2D eigenvalue weighted by Gasteiger charge is 2.15. The Labute approximate surface area is 201 Å². The van der Waals surface area contributed by atoms with Gasteiger partial charge in [-0.3, -0.25) is 4.72 Å². The van der Waals surface area contributed by atoms with Crippen LogP contribution in [-0.2, 0) is 10.0 Å². The average Bonchev–Trinajstić information content (AvgIpc) is 2.72. The van der Waals surface area contributed by atoms with Gasteiger partial charge in [-0.15, -0.1) is 0 Å². The Morgan fingerprint density at radius 3 is 1.84 bits per heavy atom. The first kappa shape index (κ1) is 23.9. The van der Waals surface area contributed by atoms with E-state index >= 15 is 0 Å². The Morgan fingerprint density at radius 1 is 0.781 bits per heavy atom. The zero-order valence-electron chi connectivity index (χ0n) is 17.0. The second kappa shape index (κ2) is 10.3. The summed E-state index contributed by atoms with van der Waals surface area (Å²) in [5.41, 5.74) is 1.54. The van der Waals surface area contributed by atoms with Crippen molar-refractivity contribution in [2.24, 2.45) is 0 Å². The van der Waals surface area contributed by atoms with Crippen LogP contribution in [0.25, 0.3) is 0 Å². The second-order valence-corrected chi connectivity index (χ2v) is 9.43. The summed E-state index contributed by atoms with van der Waals surface area (Å²) in [6, 6.07) is 15.8. The molecular formula is C21H19Cl2N3O4S2. The van der Waals surface area contributed by atoms with Gasteiger partial charge in [0.05, 0.1) is 24.8 Å². The van der Waals surface area contributed by atoms with Crippen molar-refractivity contribution in [3.8, 4) is 11.5 Å². The summed E-state index contributed by atoms with van der Waals surface area (Å²) in [5.74, 6) is 1.22. The molecule has 0 radical (unpaired) electrons. The Kier molecular flexibility index (Phi) is 7.68. The maximum absolute atomic E-state index is 12.6. The van der Waals surface area contributed by atoms with Gasteiger partial charge in [0.25, 0.3) is 10.0 Å². The number of halogens is 2. The summed E-state index contributed by atoms with van der Waals surface area (Å²) in [7, 11) is -0.715. The second-order valence-electron chi connectivity index (χ2n) is 6.47. The maximum Gasteiger partial charge on any atom is 0.261 e. The molecule has 0 aliphatic rings. The molecule has 168 valence electrons. The number of anilines is 3. The fourth-order valence-corrected chi connectivity index (χ4v) is 4.52. The molecule has 3 rings (SSSR count). The minimum Gasteiger partial charge on any atom is -0.497 e. The highest BCUT2D eigenvalue weighted by Crippen LogP contribution is 2.27. The van der Waals surface area contributed by atoms with Crippen molar-refractivity contribution in [1.29, 1.82) is 0 Å². The van der Waals surface area contributed by atoms with E-state index in [9.17, 15) is 8.42 Å². The van der Waals surface area contributed by atoms with Crippen molar-refractivity contribution in [3.63, 3.8) is 0 Å². The quantitative estimate of drug-likeness (QED) is 0.354. The first-order valence-electron chi connectivity index (χ1n) is 9.08. The SMILES string of the molecule is COc1cc(NC(=S)Nc2ccc(S(=O)(=O)Nc3cc(Cl)cc(Cl)c3)cc2)cc(OC)c1. The molecule has 32 heavy (non-hydrogen) atoms. The fraction of sp³-hybridized carbons (Fsp3) is 0.0952. The minimum absolute atomic E-state index is 0.0653. The highest BCUT2D eigenvalue weighted by atomic mass is 35.5. The van der Waals surface area contributed by atoms with Crippen LogP contribution in [0.5, 0.6) is 11.5 Å². The van der Waals surface area contributed by atoms with Crippen LogP contribution in [0, 0.1) is 0 Å². The zero-order valence-corrected chi connectivity index (χ0v) is 20.1. The molecule has 3 N–H and O–H groups in total. The number of sulfonamides is 1. The third kappa shape index (κ3) is 6.39. The molecule has 3 aromatic rings. The largest absolute Gasteiger partial charge is 0.497 e. The first-order valence-corrected chi connectivity index (χ1v) is 11.7. The smallest absolute Gasteiger partial charge is 0.261 e. The van der Waals surface area contributed by atoms with Crippen LogP contribution >= 0.6 is 35.4 Å². The van der Waals surface area contributed by atoms with Gasteiger partial charge in [-0.05, 0) is 54.7 Å². The third-order valence-corrected chi connectivity index (χ3v) is 6.18. The zero-order chi connectivity index (χ0) is 23.3. The molecule has 0 aliphatic carbocycles.